The lowest BCUT2D eigenvalue weighted by Gasteiger charge is -2.18. The van der Waals surface area contributed by atoms with E-state index in [1.54, 1.807) is 52.0 Å². The summed E-state index contributed by atoms with van der Waals surface area (Å²) in [4.78, 5) is 19.5. The first-order chi connectivity index (χ1) is 15.4. The molecule has 0 N–H and O–H groups in total. The van der Waals surface area contributed by atoms with Gasteiger partial charge in [-0.25, -0.2) is 19.6 Å². The van der Waals surface area contributed by atoms with Crippen LogP contribution in [0.5, 0.6) is 0 Å². The molecule has 0 atom stereocenters. The molecule has 0 saturated heterocycles. The first-order valence-corrected chi connectivity index (χ1v) is 13.8. The maximum Gasteiger partial charge on any atom is 0.388 e. The average molecular weight is 492 g/mol. The van der Waals surface area contributed by atoms with E-state index in [4.69, 9.17) is 38.2 Å². The molecule has 2 aromatic rings. The number of hydrogen-bond acceptors (Lipinski definition) is 10. The fourth-order valence-electron chi connectivity index (χ4n) is 2.80. The summed E-state index contributed by atoms with van der Waals surface area (Å²) in [6.45, 7) is 7.54. The zero-order valence-corrected chi connectivity index (χ0v) is 20.5. The normalized spacial score (nSPS) is 12.5. The monoisotopic (exact) mass is 492 g/mol. The van der Waals surface area contributed by atoms with E-state index < -0.39 is 15.2 Å². The van der Waals surface area contributed by atoms with Gasteiger partial charge in [-0.3, -0.25) is 9.13 Å². The lowest BCUT2D eigenvalue weighted by molar-refractivity contribution is -0.263. The molecule has 10 nitrogen and oxygen atoms in total. The third-order valence-electron chi connectivity index (χ3n) is 3.97. The van der Waals surface area contributed by atoms with Gasteiger partial charge in [0.1, 0.15) is 0 Å². The van der Waals surface area contributed by atoms with Crippen LogP contribution in [-0.4, -0.2) is 26.4 Å². The fraction of sp³-hybridized carbons (Fsp3) is 0.500. The maximum atomic E-state index is 13.1. The van der Waals surface area contributed by atoms with Crippen LogP contribution in [0, 0.1) is 0 Å². The highest BCUT2D eigenvalue weighted by Gasteiger charge is 2.31. The Balaban J connectivity index is 2.38. The molecule has 0 radical (unpaired) electrons. The van der Waals surface area contributed by atoms with Crippen LogP contribution >= 0.6 is 15.2 Å². The quantitative estimate of drug-likeness (QED) is 0.155. The van der Waals surface area contributed by atoms with Gasteiger partial charge in [0.15, 0.2) is 0 Å². The summed E-state index contributed by atoms with van der Waals surface area (Å²) in [5.74, 6) is 0. The van der Waals surface area contributed by atoms with Crippen molar-refractivity contribution in [1.82, 2.24) is 0 Å². The van der Waals surface area contributed by atoms with Crippen molar-refractivity contribution in [3.8, 4) is 0 Å². The third-order valence-corrected chi connectivity index (χ3v) is 6.75. The van der Waals surface area contributed by atoms with Gasteiger partial charge in [0.25, 0.3) is 0 Å². The van der Waals surface area contributed by atoms with Gasteiger partial charge in [-0.05, 0) is 49.6 Å². The fourth-order valence-corrected chi connectivity index (χ4v) is 5.51. The van der Waals surface area contributed by atoms with Crippen molar-refractivity contribution in [2.45, 2.75) is 40.0 Å². The average Bonchev–Trinajstić information content (AvgIpc) is 2.80. The van der Waals surface area contributed by atoms with Gasteiger partial charge in [0.2, 0.25) is 0 Å². The minimum absolute atomic E-state index is 0.101. The van der Waals surface area contributed by atoms with Crippen LogP contribution in [0.2, 0.25) is 0 Å². The van der Waals surface area contributed by atoms with Gasteiger partial charge in [0, 0.05) is 0 Å². The van der Waals surface area contributed by atoms with Crippen LogP contribution in [0.3, 0.4) is 0 Å². The molecule has 0 aliphatic carbocycles. The summed E-state index contributed by atoms with van der Waals surface area (Å²) in [6, 6.07) is 10.8. The Labute approximate surface area is 187 Å². The van der Waals surface area contributed by atoms with Crippen LogP contribution in [-0.2, 0) is 59.7 Å². The molecule has 0 aliphatic heterocycles. The van der Waals surface area contributed by atoms with Crippen molar-refractivity contribution >= 4 is 26.0 Å². The molecule has 0 spiro atoms. The van der Waals surface area contributed by atoms with Crippen molar-refractivity contribution in [3.05, 3.63) is 47.5 Å². The van der Waals surface area contributed by atoms with E-state index in [-0.39, 0.29) is 38.8 Å². The molecule has 0 fully saturated rings. The largest absolute Gasteiger partial charge is 0.388 e. The summed E-state index contributed by atoms with van der Waals surface area (Å²) in [6.07, 6.45) is -0.202. The molecule has 12 heteroatoms. The van der Waals surface area contributed by atoms with Gasteiger partial charge in [0.05, 0.1) is 38.8 Å². The molecule has 0 saturated carbocycles. The SMILES string of the molecule is CCOOP(=O)(Cc1cccc2c(CP(=O)(OOCC)OOCC)cccc12)OOCC. The van der Waals surface area contributed by atoms with E-state index in [0.717, 1.165) is 10.8 Å². The van der Waals surface area contributed by atoms with Crippen molar-refractivity contribution in [3.63, 3.8) is 0 Å². The lowest BCUT2D eigenvalue weighted by atomic mass is 10.0. The first-order valence-electron chi connectivity index (χ1n) is 10.3. The Hall–Kier alpha value is -1.16. The summed E-state index contributed by atoms with van der Waals surface area (Å²) in [5, 5.41) is 1.51. The molecular formula is C20H30O10P2. The predicted molar refractivity (Wildman–Crippen MR) is 117 cm³/mol. The highest BCUT2D eigenvalue weighted by atomic mass is 31.2. The summed E-state index contributed by atoms with van der Waals surface area (Å²) >= 11 is 0. The highest BCUT2D eigenvalue weighted by Crippen LogP contribution is 2.54. The molecule has 0 heterocycles. The van der Waals surface area contributed by atoms with Crippen LogP contribution in [0.25, 0.3) is 10.8 Å². The third kappa shape index (κ3) is 8.01. The molecule has 0 aliphatic rings. The number of rotatable bonds is 16. The van der Waals surface area contributed by atoms with Gasteiger partial charge < -0.3 is 0 Å². The van der Waals surface area contributed by atoms with E-state index in [2.05, 4.69) is 0 Å². The lowest BCUT2D eigenvalue weighted by Crippen LogP contribution is -2.03. The second-order valence-corrected chi connectivity index (χ2v) is 10.1. The van der Waals surface area contributed by atoms with Crippen LogP contribution in [0.15, 0.2) is 36.4 Å². The molecule has 180 valence electrons. The van der Waals surface area contributed by atoms with Crippen LogP contribution < -0.4 is 0 Å². The molecule has 0 bridgehead atoms. The Kier molecular flexibility index (Phi) is 11.4. The Morgan fingerprint density at radius 3 is 1.16 bits per heavy atom. The molecular weight excluding hydrogens is 462 g/mol. The molecule has 2 aromatic carbocycles. The topological polar surface area (TPSA) is 108 Å². The standard InChI is InChI=1S/C20H30O10P2/c1-5-23-27-31(21,28-24-6-2)15-17-11-9-14-20-18(12-10-13-19(17)20)16-32(22,29-25-7-3)30-26-8-4/h9-14H,5-8,15-16H2,1-4H3. The van der Waals surface area contributed by atoms with Crippen LogP contribution in [0.4, 0.5) is 0 Å². The van der Waals surface area contributed by atoms with Crippen molar-refractivity contribution in [1.29, 1.82) is 0 Å². The number of benzene rings is 2. The van der Waals surface area contributed by atoms with Gasteiger partial charge in [-0.15, -0.1) is 18.7 Å². The zero-order valence-electron chi connectivity index (χ0n) is 18.7. The second kappa shape index (κ2) is 13.5. The molecule has 2 rings (SSSR count). The number of hydrogen-bond donors (Lipinski definition) is 0. The first kappa shape index (κ1) is 27.1. The zero-order chi connectivity index (χ0) is 23.5. The van der Waals surface area contributed by atoms with Crippen molar-refractivity contribution in [2.24, 2.45) is 0 Å². The maximum absolute atomic E-state index is 13.1. The second-order valence-electron chi connectivity index (χ2n) is 6.39. The van der Waals surface area contributed by atoms with Crippen molar-refractivity contribution in [2.75, 3.05) is 26.4 Å². The van der Waals surface area contributed by atoms with E-state index in [0.29, 0.717) is 11.1 Å². The van der Waals surface area contributed by atoms with Gasteiger partial charge in [-0.2, -0.15) is 0 Å². The van der Waals surface area contributed by atoms with E-state index >= 15 is 0 Å². The smallest absolute Gasteiger partial charge is 0.255 e. The summed E-state index contributed by atoms with van der Waals surface area (Å²) in [5.41, 5.74) is 1.33. The minimum Gasteiger partial charge on any atom is -0.255 e. The molecule has 0 amide bonds. The highest BCUT2D eigenvalue weighted by molar-refractivity contribution is 7.53. The minimum atomic E-state index is -3.75. The van der Waals surface area contributed by atoms with Crippen molar-refractivity contribution < 1.29 is 47.4 Å². The van der Waals surface area contributed by atoms with E-state index in [1.165, 1.54) is 0 Å². The number of fused-ring (bicyclic) bond motifs is 1. The van der Waals surface area contributed by atoms with E-state index in [9.17, 15) is 9.13 Å². The Morgan fingerprint density at radius 1 is 0.562 bits per heavy atom. The summed E-state index contributed by atoms with van der Waals surface area (Å²) in [7, 11) is -7.51. The van der Waals surface area contributed by atoms with E-state index in [1.807, 2.05) is 12.1 Å². The molecule has 0 unspecified atom stereocenters. The molecule has 0 aromatic heterocycles. The predicted octanol–water partition coefficient (Wildman–Crippen LogP) is 6.10. The van der Waals surface area contributed by atoms with Gasteiger partial charge >= 0.3 is 15.2 Å². The summed E-state index contributed by atoms with van der Waals surface area (Å²) < 4.78 is 46.3. The Bertz CT molecular complexity index is 836. The Morgan fingerprint density at radius 2 is 0.875 bits per heavy atom. The van der Waals surface area contributed by atoms with Gasteiger partial charge in [-0.1, -0.05) is 36.4 Å². The van der Waals surface area contributed by atoms with Crippen LogP contribution in [0.1, 0.15) is 38.8 Å². The molecule has 32 heavy (non-hydrogen) atoms.